The van der Waals surface area contributed by atoms with Gasteiger partial charge in [-0.2, -0.15) is 0 Å². The summed E-state index contributed by atoms with van der Waals surface area (Å²) in [5.41, 5.74) is 4.06. The molecule has 0 atom stereocenters. The SMILES string of the molecule is CCOc1nc(-c2ccccc2)c(-c2ccccc2)cc1OC. The predicted octanol–water partition coefficient (Wildman–Crippen LogP) is 4.82. The van der Waals surface area contributed by atoms with Crippen molar-refractivity contribution in [2.24, 2.45) is 0 Å². The van der Waals surface area contributed by atoms with Crippen molar-refractivity contribution in [2.45, 2.75) is 6.92 Å². The number of nitrogens with zero attached hydrogens (tertiary/aromatic N) is 1. The van der Waals surface area contributed by atoms with Gasteiger partial charge >= 0.3 is 0 Å². The molecule has 0 aliphatic carbocycles. The predicted molar refractivity (Wildman–Crippen MR) is 92.8 cm³/mol. The first-order valence-corrected chi connectivity index (χ1v) is 7.66. The highest BCUT2D eigenvalue weighted by Gasteiger charge is 2.16. The number of benzene rings is 2. The number of aromatic nitrogens is 1. The molecule has 0 unspecified atom stereocenters. The van der Waals surface area contributed by atoms with Crippen LogP contribution in [0, 0.1) is 0 Å². The van der Waals surface area contributed by atoms with Gasteiger partial charge in [-0.25, -0.2) is 4.98 Å². The quantitative estimate of drug-likeness (QED) is 0.677. The summed E-state index contributed by atoms with van der Waals surface area (Å²) in [6.45, 7) is 2.48. The van der Waals surface area contributed by atoms with Crippen LogP contribution in [0.25, 0.3) is 22.4 Å². The topological polar surface area (TPSA) is 31.4 Å². The molecular weight excluding hydrogens is 286 g/mol. The molecule has 0 saturated carbocycles. The fourth-order valence-electron chi connectivity index (χ4n) is 2.52. The van der Waals surface area contributed by atoms with Crippen LogP contribution in [0.2, 0.25) is 0 Å². The van der Waals surface area contributed by atoms with Crippen molar-refractivity contribution in [3.05, 3.63) is 66.7 Å². The van der Waals surface area contributed by atoms with Crippen LogP contribution in [0.5, 0.6) is 11.6 Å². The summed E-state index contributed by atoms with van der Waals surface area (Å²) in [5, 5.41) is 0. The Morgan fingerprint density at radius 1 is 0.870 bits per heavy atom. The van der Waals surface area contributed by atoms with E-state index in [0.29, 0.717) is 18.2 Å². The molecule has 3 nitrogen and oxygen atoms in total. The number of rotatable bonds is 5. The van der Waals surface area contributed by atoms with Crippen LogP contribution in [0.3, 0.4) is 0 Å². The van der Waals surface area contributed by atoms with Gasteiger partial charge in [-0.15, -0.1) is 0 Å². The van der Waals surface area contributed by atoms with E-state index in [-0.39, 0.29) is 0 Å². The highest BCUT2D eigenvalue weighted by atomic mass is 16.5. The molecular formula is C20H19NO2. The summed E-state index contributed by atoms with van der Waals surface area (Å²) in [6.07, 6.45) is 0. The molecule has 0 amide bonds. The van der Waals surface area contributed by atoms with Crippen LogP contribution in [0.4, 0.5) is 0 Å². The van der Waals surface area contributed by atoms with Gasteiger partial charge in [0, 0.05) is 11.1 Å². The minimum absolute atomic E-state index is 0.522. The molecule has 0 aliphatic heterocycles. The van der Waals surface area contributed by atoms with Gasteiger partial charge in [-0.3, -0.25) is 0 Å². The molecule has 1 heterocycles. The van der Waals surface area contributed by atoms with Crippen LogP contribution >= 0.6 is 0 Å². The Hall–Kier alpha value is -2.81. The Morgan fingerprint density at radius 2 is 1.48 bits per heavy atom. The lowest BCUT2D eigenvalue weighted by molar-refractivity contribution is 0.299. The largest absolute Gasteiger partial charge is 0.491 e. The van der Waals surface area contributed by atoms with E-state index in [1.807, 2.05) is 49.4 Å². The maximum absolute atomic E-state index is 5.64. The normalized spacial score (nSPS) is 10.3. The Labute approximate surface area is 136 Å². The number of hydrogen-bond acceptors (Lipinski definition) is 3. The second kappa shape index (κ2) is 6.97. The van der Waals surface area contributed by atoms with Crippen molar-refractivity contribution in [3.63, 3.8) is 0 Å². The molecule has 0 radical (unpaired) electrons. The van der Waals surface area contributed by atoms with Crippen LogP contribution in [0.15, 0.2) is 66.7 Å². The second-order valence-corrected chi connectivity index (χ2v) is 5.06. The van der Waals surface area contributed by atoms with Gasteiger partial charge < -0.3 is 9.47 Å². The van der Waals surface area contributed by atoms with E-state index in [9.17, 15) is 0 Å². The van der Waals surface area contributed by atoms with Crippen molar-refractivity contribution in [1.29, 1.82) is 0 Å². The maximum Gasteiger partial charge on any atom is 0.257 e. The van der Waals surface area contributed by atoms with Crippen LogP contribution < -0.4 is 9.47 Å². The lowest BCUT2D eigenvalue weighted by atomic mass is 9.99. The fourth-order valence-corrected chi connectivity index (χ4v) is 2.52. The highest BCUT2D eigenvalue weighted by molar-refractivity contribution is 5.82. The third kappa shape index (κ3) is 3.19. The van der Waals surface area contributed by atoms with Crippen molar-refractivity contribution in [3.8, 4) is 34.0 Å². The Balaban J connectivity index is 2.24. The van der Waals surface area contributed by atoms with Crippen molar-refractivity contribution >= 4 is 0 Å². The molecule has 3 rings (SSSR count). The van der Waals surface area contributed by atoms with E-state index in [4.69, 9.17) is 14.5 Å². The zero-order valence-corrected chi connectivity index (χ0v) is 13.3. The van der Waals surface area contributed by atoms with Crippen LogP contribution in [-0.4, -0.2) is 18.7 Å². The second-order valence-electron chi connectivity index (χ2n) is 5.06. The van der Waals surface area contributed by atoms with Gasteiger partial charge in [0.25, 0.3) is 5.88 Å². The number of hydrogen-bond donors (Lipinski definition) is 0. The molecule has 116 valence electrons. The first-order chi connectivity index (χ1) is 11.3. The van der Waals surface area contributed by atoms with Gasteiger partial charge in [-0.05, 0) is 18.6 Å². The molecule has 1 aromatic heterocycles. The maximum atomic E-state index is 5.64. The molecule has 0 spiro atoms. The smallest absolute Gasteiger partial charge is 0.257 e. The molecule has 0 N–H and O–H groups in total. The zero-order chi connectivity index (χ0) is 16.1. The molecule has 2 aromatic carbocycles. The molecule has 0 fully saturated rings. The summed E-state index contributed by atoms with van der Waals surface area (Å²) in [7, 11) is 1.64. The lowest BCUT2D eigenvalue weighted by Crippen LogP contribution is -2.01. The average Bonchev–Trinajstić information content (AvgIpc) is 2.63. The molecule has 0 bridgehead atoms. The lowest BCUT2D eigenvalue weighted by Gasteiger charge is -2.15. The van der Waals surface area contributed by atoms with Gasteiger partial charge in [0.2, 0.25) is 0 Å². The Morgan fingerprint density at radius 3 is 2.04 bits per heavy atom. The zero-order valence-electron chi connectivity index (χ0n) is 13.3. The third-order valence-corrected chi connectivity index (χ3v) is 3.59. The summed E-state index contributed by atoms with van der Waals surface area (Å²) in [6, 6.07) is 22.3. The summed E-state index contributed by atoms with van der Waals surface area (Å²) >= 11 is 0. The molecule has 23 heavy (non-hydrogen) atoms. The van der Waals surface area contributed by atoms with Gasteiger partial charge in [-0.1, -0.05) is 60.7 Å². The minimum Gasteiger partial charge on any atom is -0.491 e. The van der Waals surface area contributed by atoms with E-state index in [1.165, 1.54) is 0 Å². The van der Waals surface area contributed by atoms with Crippen molar-refractivity contribution < 1.29 is 9.47 Å². The summed E-state index contributed by atoms with van der Waals surface area (Å²) in [5.74, 6) is 1.17. The van der Waals surface area contributed by atoms with Crippen molar-refractivity contribution in [1.82, 2.24) is 4.98 Å². The fraction of sp³-hybridized carbons (Fsp3) is 0.150. The van der Waals surface area contributed by atoms with Crippen LogP contribution in [-0.2, 0) is 0 Å². The van der Waals surface area contributed by atoms with Crippen molar-refractivity contribution in [2.75, 3.05) is 13.7 Å². The van der Waals surface area contributed by atoms with E-state index >= 15 is 0 Å². The number of ether oxygens (including phenoxy) is 2. The minimum atomic E-state index is 0.522. The Bertz CT molecular complexity index is 770. The molecule has 0 aliphatic rings. The first-order valence-electron chi connectivity index (χ1n) is 7.66. The molecule has 0 saturated heterocycles. The van der Waals surface area contributed by atoms with E-state index in [2.05, 4.69) is 24.3 Å². The van der Waals surface area contributed by atoms with E-state index in [1.54, 1.807) is 7.11 Å². The highest BCUT2D eigenvalue weighted by Crippen LogP contribution is 2.37. The molecule has 3 heteroatoms. The first kappa shape index (κ1) is 15.1. The van der Waals surface area contributed by atoms with Gasteiger partial charge in [0.1, 0.15) is 0 Å². The standard InChI is InChI=1S/C20H19NO2/c1-3-23-20-18(22-2)14-17(15-10-6-4-7-11-15)19(21-20)16-12-8-5-9-13-16/h4-14H,3H2,1-2H3. The van der Waals surface area contributed by atoms with Gasteiger partial charge in [0.05, 0.1) is 19.4 Å². The van der Waals surface area contributed by atoms with Gasteiger partial charge in [0.15, 0.2) is 5.75 Å². The number of pyridine rings is 1. The van der Waals surface area contributed by atoms with E-state index in [0.717, 1.165) is 22.4 Å². The third-order valence-electron chi connectivity index (χ3n) is 3.59. The molecule has 3 aromatic rings. The average molecular weight is 305 g/mol. The summed E-state index contributed by atoms with van der Waals surface area (Å²) < 4.78 is 11.1. The summed E-state index contributed by atoms with van der Waals surface area (Å²) in [4.78, 5) is 4.73. The monoisotopic (exact) mass is 305 g/mol. The van der Waals surface area contributed by atoms with Crippen LogP contribution in [0.1, 0.15) is 6.92 Å². The van der Waals surface area contributed by atoms with E-state index < -0.39 is 0 Å². The number of methoxy groups -OCH3 is 1. The Kier molecular flexibility index (Phi) is 4.57.